The first-order valence-corrected chi connectivity index (χ1v) is 3.76. The summed E-state index contributed by atoms with van der Waals surface area (Å²) in [7, 11) is 0. The molecule has 0 saturated carbocycles. The van der Waals surface area contributed by atoms with Crippen LogP contribution in [0.4, 0.5) is 0 Å². The lowest BCUT2D eigenvalue weighted by atomic mass is 10.4. The Morgan fingerprint density at radius 1 is 1.54 bits per heavy atom. The maximum Gasteiger partial charge on any atom is 0.284 e. The highest BCUT2D eigenvalue weighted by molar-refractivity contribution is 6.33. The molecule has 2 rings (SSSR count). The monoisotopic (exact) mass is 197 g/mol. The van der Waals surface area contributed by atoms with Crippen LogP contribution in [0.15, 0.2) is 16.8 Å². The van der Waals surface area contributed by atoms with E-state index in [9.17, 15) is 4.79 Å². The highest BCUT2D eigenvalue weighted by Gasteiger charge is 2.11. The van der Waals surface area contributed by atoms with Crippen LogP contribution in [-0.4, -0.2) is 15.9 Å². The number of aromatic nitrogens is 2. The number of carbonyl (C=O) groups is 1. The molecule has 1 amide bonds. The van der Waals surface area contributed by atoms with E-state index in [1.54, 1.807) is 0 Å². The van der Waals surface area contributed by atoms with Gasteiger partial charge in [-0.15, -0.1) is 0 Å². The summed E-state index contributed by atoms with van der Waals surface area (Å²) in [4.78, 5) is 18.3. The van der Waals surface area contributed by atoms with Crippen molar-refractivity contribution in [1.82, 2.24) is 9.97 Å². The highest BCUT2D eigenvalue weighted by Crippen LogP contribution is 2.22. The molecular formula is C7H4ClN3O2. The number of rotatable bonds is 1. The van der Waals surface area contributed by atoms with E-state index in [-0.39, 0.29) is 16.5 Å². The molecule has 5 nitrogen and oxygen atoms in total. The van der Waals surface area contributed by atoms with Gasteiger partial charge in [0.1, 0.15) is 11.8 Å². The van der Waals surface area contributed by atoms with Crippen molar-refractivity contribution in [2.24, 2.45) is 5.73 Å². The summed E-state index contributed by atoms with van der Waals surface area (Å²) in [6.07, 6.45) is 1.28. The van der Waals surface area contributed by atoms with E-state index in [2.05, 4.69) is 9.97 Å². The number of halogens is 1. The number of nitrogens with two attached hydrogens (primary N) is 1. The Labute approximate surface area is 77.5 Å². The first-order chi connectivity index (χ1) is 6.18. The van der Waals surface area contributed by atoms with E-state index in [1.165, 1.54) is 12.4 Å². The lowest BCUT2D eigenvalue weighted by Crippen LogP contribution is -2.08. The zero-order valence-electron chi connectivity index (χ0n) is 6.32. The van der Waals surface area contributed by atoms with Gasteiger partial charge in [0, 0.05) is 6.07 Å². The molecule has 0 fully saturated rings. The second kappa shape index (κ2) is 2.70. The fourth-order valence-electron chi connectivity index (χ4n) is 0.947. The average molecular weight is 198 g/mol. The lowest BCUT2D eigenvalue weighted by molar-refractivity contribution is 0.0976. The molecule has 0 aromatic carbocycles. The maximum atomic E-state index is 10.7. The van der Waals surface area contributed by atoms with Crippen LogP contribution in [0.3, 0.4) is 0 Å². The van der Waals surface area contributed by atoms with Gasteiger partial charge in [0.15, 0.2) is 16.5 Å². The van der Waals surface area contributed by atoms with Crippen molar-refractivity contribution < 1.29 is 9.21 Å². The minimum Gasteiger partial charge on any atom is -0.446 e. The van der Waals surface area contributed by atoms with Crippen molar-refractivity contribution in [3.63, 3.8) is 0 Å². The van der Waals surface area contributed by atoms with Gasteiger partial charge in [-0.05, 0) is 0 Å². The van der Waals surface area contributed by atoms with E-state index in [1.807, 2.05) is 0 Å². The second-order valence-electron chi connectivity index (χ2n) is 2.35. The molecule has 0 atom stereocenters. The molecule has 2 N–H and O–H groups in total. The first kappa shape index (κ1) is 8.00. The SMILES string of the molecule is NC(=O)c1cc2ncnc(Cl)c2o1. The molecule has 0 aliphatic heterocycles. The number of furan rings is 1. The first-order valence-electron chi connectivity index (χ1n) is 3.38. The molecule has 2 aromatic rings. The predicted molar refractivity (Wildman–Crippen MR) is 45.3 cm³/mol. The number of nitrogens with zero attached hydrogens (tertiary/aromatic N) is 2. The van der Waals surface area contributed by atoms with Gasteiger partial charge >= 0.3 is 0 Å². The van der Waals surface area contributed by atoms with Gasteiger partial charge in [-0.25, -0.2) is 9.97 Å². The standard InChI is InChI=1S/C7H4ClN3O2/c8-6-5-3(10-2-11-6)1-4(13-5)7(9)12/h1-2H,(H2,9,12). The number of hydrogen-bond acceptors (Lipinski definition) is 4. The third kappa shape index (κ3) is 1.23. The molecule has 0 unspecified atom stereocenters. The highest BCUT2D eigenvalue weighted by atomic mass is 35.5. The van der Waals surface area contributed by atoms with Gasteiger partial charge in [0.25, 0.3) is 5.91 Å². The molecule has 6 heteroatoms. The van der Waals surface area contributed by atoms with Crippen molar-refractivity contribution >= 4 is 28.6 Å². The number of fused-ring (bicyclic) bond motifs is 1. The summed E-state index contributed by atoms with van der Waals surface area (Å²) in [6.45, 7) is 0. The molecule has 2 heterocycles. The fourth-order valence-corrected chi connectivity index (χ4v) is 1.13. The van der Waals surface area contributed by atoms with Gasteiger partial charge in [-0.1, -0.05) is 11.6 Å². The normalized spacial score (nSPS) is 10.5. The molecule has 0 bridgehead atoms. The predicted octanol–water partition coefficient (Wildman–Crippen LogP) is 0.975. The Hall–Kier alpha value is -1.62. The van der Waals surface area contributed by atoms with E-state index in [4.69, 9.17) is 21.8 Å². The van der Waals surface area contributed by atoms with Crippen molar-refractivity contribution in [2.45, 2.75) is 0 Å². The van der Waals surface area contributed by atoms with Crippen molar-refractivity contribution in [1.29, 1.82) is 0 Å². The quantitative estimate of drug-likeness (QED) is 0.691. The Bertz CT molecular complexity index is 480. The van der Waals surface area contributed by atoms with Gasteiger partial charge < -0.3 is 10.2 Å². The van der Waals surface area contributed by atoms with Crippen LogP contribution in [0.1, 0.15) is 10.6 Å². The van der Waals surface area contributed by atoms with E-state index in [0.29, 0.717) is 5.52 Å². The summed E-state index contributed by atoms with van der Waals surface area (Å²) < 4.78 is 5.03. The number of carbonyl (C=O) groups excluding carboxylic acids is 1. The van der Waals surface area contributed by atoms with Crippen LogP contribution >= 0.6 is 11.6 Å². The van der Waals surface area contributed by atoms with Crippen LogP contribution < -0.4 is 5.73 Å². The van der Waals surface area contributed by atoms with Crippen LogP contribution in [0, 0.1) is 0 Å². The number of amides is 1. The molecule has 13 heavy (non-hydrogen) atoms. The van der Waals surface area contributed by atoms with E-state index >= 15 is 0 Å². The zero-order chi connectivity index (χ0) is 9.42. The molecule has 0 aliphatic carbocycles. The largest absolute Gasteiger partial charge is 0.446 e. The average Bonchev–Trinajstić information content (AvgIpc) is 2.49. The minimum absolute atomic E-state index is 0.0254. The smallest absolute Gasteiger partial charge is 0.284 e. The molecule has 0 saturated heterocycles. The van der Waals surface area contributed by atoms with Gasteiger partial charge in [0.05, 0.1) is 0 Å². The topological polar surface area (TPSA) is 82.0 Å². The number of hydrogen-bond donors (Lipinski definition) is 1. The molecule has 0 radical (unpaired) electrons. The van der Waals surface area contributed by atoms with Crippen molar-refractivity contribution in [2.75, 3.05) is 0 Å². The lowest BCUT2D eigenvalue weighted by Gasteiger charge is -1.87. The third-order valence-corrected chi connectivity index (χ3v) is 1.78. The molecule has 0 aliphatic rings. The van der Waals surface area contributed by atoms with Crippen molar-refractivity contribution in [3.05, 3.63) is 23.3 Å². The zero-order valence-corrected chi connectivity index (χ0v) is 7.08. The molecule has 0 spiro atoms. The molecule has 66 valence electrons. The second-order valence-corrected chi connectivity index (χ2v) is 2.71. The van der Waals surface area contributed by atoms with Gasteiger partial charge in [-0.2, -0.15) is 0 Å². The Morgan fingerprint density at radius 2 is 2.31 bits per heavy atom. The van der Waals surface area contributed by atoms with Gasteiger partial charge in [0.2, 0.25) is 0 Å². The van der Waals surface area contributed by atoms with E-state index < -0.39 is 5.91 Å². The van der Waals surface area contributed by atoms with E-state index in [0.717, 1.165) is 0 Å². The summed E-state index contributed by atoms with van der Waals surface area (Å²) in [5.74, 6) is -0.633. The van der Waals surface area contributed by atoms with Gasteiger partial charge in [-0.3, -0.25) is 4.79 Å². The Kier molecular flexibility index (Phi) is 1.66. The summed E-state index contributed by atoms with van der Waals surface area (Å²) in [6, 6.07) is 1.42. The van der Waals surface area contributed by atoms with Crippen LogP contribution in [-0.2, 0) is 0 Å². The van der Waals surface area contributed by atoms with Crippen LogP contribution in [0.25, 0.3) is 11.1 Å². The summed E-state index contributed by atoms with van der Waals surface area (Å²) in [5.41, 5.74) is 5.75. The summed E-state index contributed by atoms with van der Waals surface area (Å²) in [5, 5.41) is 0.164. The number of primary amides is 1. The van der Waals surface area contributed by atoms with Crippen molar-refractivity contribution in [3.8, 4) is 0 Å². The Balaban J connectivity index is 2.75. The fraction of sp³-hybridized carbons (Fsp3) is 0. The summed E-state index contributed by atoms with van der Waals surface area (Å²) >= 11 is 5.68. The maximum absolute atomic E-state index is 10.7. The van der Waals surface area contributed by atoms with Crippen LogP contribution in [0.5, 0.6) is 0 Å². The molecular weight excluding hydrogens is 194 g/mol. The third-order valence-electron chi connectivity index (χ3n) is 1.51. The molecule has 2 aromatic heterocycles. The van der Waals surface area contributed by atoms with Crippen LogP contribution in [0.2, 0.25) is 5.15 Å². The minimum atomic E-state index is -0.658. The Morgan fingerprint density at radius 3 is 2.92 bits per heavy atom.